The summed E-state index contributed by atoms with van der Waals surface area (Å²) in [6.07, 6.45) is 2.22. The van der Waals surface area contributed by atoms with Gasteiger partial charge >= 0.3 is 5.97 Å². The minimum Gasteiger partial charge on any atom is -0.466 e. The van der Waals surface area contributed by atoms with Crippen LogP contribution >= 0.6 is 0 Å². The Kier molecular flexibility index (Phi) is 4.58. The largest absolute Gasteiger partial charge is 0.466 e. The van der Waals surface area contributed by atoms with E-state index >= 15 is 0 Å². The molecule has 0 aliphatic carbocycles. The third kappa shape index (κ3) is 4.20. The number of hydrogen-bond donors (Lipinski definition) is 0. The van der Waals surface area contributed by atoms with E-state index in [4.69, 9.17) is 9.47 Å². The smallest absolute Gasteiger partial charge is 0.306 e. The Hall–Kier alpha value is -0.570. The average molecular weight is 214 g/mol. The lowest BCUT2D eigenvalue weighted by atomic mass is 9.97. The first-order chi connectivity index (χ1) is 7.04. The molecule has 0 aromatic carbocycles. The Morgan fingerprint density at radius 1 is 1.40 bits per heavy atom. The van der Waals surface area contributed by atoms with Crippen molar-refractivity contribution in [2.24, 2.45) is 11.8 Å². The number of hydrogen-bond acceptors (Lipinski definition) is 3. The van der Waals surface area contributed by atoms with Gasteiger partial charge in [0.05, 0.1) is 25.2 Å². The second kappa shape index (κ2) is 5.50. The fourth-order valence-corrected chi connectivity index (χ4v) is 1.91. The summed E-state index contributed by atoms with van der Waals surface area (Å²) in [6.45, 7) is 8.73. The fraction of sp³-hybridized carbons (Fsp3) is 0.917. The number of ether oxygens (including phenoxy) is 2. The Bertz CT molecular complexity index is 213. The zero-order valence-corrected chi connectivity index (χ0v) is 10.2. The molecule has 88 valence electrons. The minimum absolute atomic E-state index is 0.108. The van der Waals surface area contributed by atoms with Crippen molar-refractivity contribution in [1.29, 1.82) is 0 Å². The van der Waals surface area contributed by atoms with Crippen LogP contribution < -0.4 is 0 Å². The van der Waals surface area contributed by atoms with Gasteiger partial charge in [-0.15, -0.1) is 0 Å². The molecule has 0 N–H and O–H groups in total. The van der Waals surface area contributed by atoms with Gasteiger partial charge in [0, 0.05) is 0 Å². The van der Waals surface area contributed by atoms with E-state index in [0.717, 1.165) is 6.42 Å². The molecule has 3 nitrogen and oxygen atoms in total. The minimum atomic E-state index is -0.108. The van der Waals surface area contributed by atoms with Crippen molar-refractivity contribution in [3.63, 3.8) is 0 Å². The van der Waals surface area contributed by atoms with Crippen molar-refractivity contribution in [1.82, 2.24) is 0 Å². The van der Waals surface area contributed by atoms with Gasteiger partial charge in [-0.1, -0.05) is 20.8 Å². The SMILES string of the molecule is CCOC(=O)CC(C)C1OC1CC(C)C. The van der Waals surface area contributed by atoms with Crippen LogP contribution in [0.25, 0.3) is 0 Å². The number of esters is 1. The average Bonchev–Trinajstić information content (AvgIpc) is 2.82. The van der Waals surface area contributed by atoms with Crippen LogP contribution in [-0.4, -0.2) is 24.8 Å². The van der Waals surface area contributed by atoms with Gasteiger partial charge in [-0.3, -0.25) is 4.79 Å². The van der Waals surface area contributed by atoms with Crippen molar-refractivity contribution in [3.05, 3.63) is 0 Å². The molecular weight excluding hydrogens is 192 g/mol. The van der Waals surface area contributed by atoms with Crippen LogP contribution in [0.15, 0.2) is 0 Å². The van der Waals surface area contributed by atoms with E-state index in [0.29, 0.717) is 25.0 Å². The Labute approximate surface area is 92.1 Å². The number of epoxide rings is 1. The van der Waals surface area contributed by atoms with E-state index in [1.807, 2.05) is 6.92 Å². The van der Waals surface area contributed by atoms with Gasteiger partial charge in [0.2, 0.25) is 0 Å². The highest BCUT2D eigenvalue weighted by atomic mass is 16.6. The highest BCUT2D eigenvalue weighted by Gasteiger charge is 2.43. The highest BCUT2D eigenvalue weighted by molar-refractivity contribution is 5.69. The van der Waals surface area contributed by atoms with Crippen LogP contribution in [0.5, 0.6) is 0 Å². The fourth-order valence-electron chi connectivity index (χ4n) is 1.91. The molecule has 15 heavy (non-hydrogen) atoms. The predicted molar refractivity (Wildman–Crippen MR) is 58.5 cm³/mol. The molecule has 1 aliphatic heterocycles. The lowest BCUT2D eigenvalue weighted by Crippen LogP contribution is -2.15. The second-order valence-electron chi connectivity index (χ2n) is 4.76. The summed E-state index contributed by atoms with van der Waals surface area (Å²) in [6, 6.07) is 0. The standard InChI is InChI=1S/C12H22O3/c1-5-14-11(13)7-9(4)12-10(15-12)6-8(2)3/h8-10,12H,5-7H2,1-4H3. The molecule has 0 saturated carbocycles. The molecule has 1 saturated heterocycles. The maximum absolute atomic E-state index is 11.2. The summed E-state index contributed by atoms with van der Waals surface area (Å²) < 4.78 is 10.5. The van der Waals surface area contributed by atoms with Gasteiger partial charge < -0.3 is 9.47 Å². The zero-order valence-electron chi connectivity index (χ0n) is 10.2. The molecule has 1 fully saturated rings. The Morgan fingerprint density at radius 2 is 2.07 bits per heavy atom. The second-order valence-corrected chi connectivity index (χ2v) is 4.76. The number of rotatable bonds is 6. The summed E-state index contributed by atoms with van der Waals surface area (Å²) in [5.41, 5.74) is 0. The van der Waals surface area contributed by atoms with E-state index in [1.165, 1.54) is 0 Å². The molecule has 0 amide bonds. The van der Waals surface area contributed by atoms with E-state index < -0.39 is 0 Å². The molecule has 0 aromatic rings. The summed E-state index contributed by atoms with van der Waals surface area (Å²) in [5.74, 6) is 0.839. The first-order valence-electron chi connectivity index (χ1n) is 5.85. The van der Waals surface area contributed by atoms with Crippen LogP contribution in [-0.2, 0) is 14.3 Å². The van der Waals surface area contributed by atoms with Crippen LogP contribution in [0.1, 0.15) is 40.5 Å². The Morgan fingerprint density at radius 3 is 2.60 bits per heavy atom. The molecule has 0 radical (unpaired) electrons. The van der Waals surface area contributed by atoms with Crippen molar-refractivity contribution in [2.45, 2.75) is 52.7 Å². The van der Waals surface area contributed by atoms with Crippen LogP contribution in [0.3, 0.4) is 0 Å². The molecule has 0 aromatic heterocycles. The third-order valence-corrected chi connectivity index (χ3v) is 2.68. The highest BCUT2D eigenvalue weighted by Crippen LogP contribution is 2.35. The molecule has 0 bridgehead atoms. The lowest BCUT2D eigenvalue weighted by Gasteiger charge is -2.07. The van der Waals surface area contributed by atoms with Gasteiger partial charge in [-0.2, -0.15) is 0 Å². The van der Waals surface area contributed by atoms with Crippen molar-refractivity contribution >= 4 is 5.97 Å². The van der Waals surface area contributed by atoms with Crippen LogP contribution in [0.4, 0.5) is 0 Å². The first-order valence-corrected chi connectivity index (χ1v) is 5.85. The summed E-state index contributed by atoms with van der Waals surface area (Å²) in [5, 5.41) is 0. The van der Waals surface area contributed by atoms with Gasteiger partial charge in [-0.25, -0.2) is 0 Å². The molecule has 3 heteroatoms. The van der Waals surface area contributed by atoms with E-state index in [-0.39, 0.29) is 18.0 Å². The maximum atomic E-state index is 11.2. The van der Waals surface area contributed by atoms with Crippen molar-refractivity contribution < 1.29 is 14.3 Å². The normalized spacial score (nSPS) is 26.5. The maximum Gasteiger partial charge on any atom is 0.306 e. The molecular formula is C12H22O3. The van der Waals surface area contributed by atoms with Gasteiger partial charge in [-0.05, 0) is 25.2 Å². The number of carbonyl (C=O) groups is 1. The van der Waals surface area contributed by atoms with Crippen LogP contribution in [0.2, 0.25) is 0 Å². The predicted octanol–water partition coefficient (Wildman–Crippen LogP) is 2.39. The third-order valence-electron chi connectivity index (χ3n) is 2.68. The molecule has 1 rings (SSSR count). The van der Waals surface area contributed by atoms with Gasteiger partial charge in [0.1, 0.15) is 0 Å². The van der Waals surface area contributed by atoms with Crippen molar-refractivity contribution in [3.8, 4) is 0 Å². The first kappa shape index (κ1) is 12.5. The Balaban J connectivity index is 2.20. The molecule has 3 unspecified atom stereocenters. The summed E-state index contributed by atoms with van der Waals surface area (Å²) in [4.78, 5) is 11.2. The van der Waals surface area contributed by atoms with E-state index in [9.17, 15) is 4.79 Å². The molecule has 3 atom stereocenters. The molecule has 1 heterocycles. The zero-order chi connectivity index (χ0) is 11.4. The molecule has 0 spiro atoms. The van der Waals surface area contributed by atoms with E-state index in [2.05, 4.69) is 20.8 Å². The summed E-state index contributed by atoms with van der Waals surface area (Å²) >= 11 is 0. The van der Waals surface area contributed by atoms with Crippen LogP contribution in [0, 0.1) is 11.8 Å². The summed E-state index contributed by atoms with van der Waals surface area (Å²) in [7, 11) is 0. The number of carbonyl (C=O) groups excluding carboxylic acids is 1. The van der Waals surface area contributed by atoms with E-state index in [1.54, 1.807) is 0 Å². The monoisotopic (exact) mass is 214 g/mol. The quantitative estimate of drug-likeness (QED) is 0.503. The van der Waals surface area contributed by atoms with Gasteiger partial charge in [0.15, 0.2) is 0 Å². The topological polar surface area (TPSA) is 38.8 Å². The molecule has 1 aliphatic rings. The lowest BCUT2D eigenvalue weighted by molar-refractivity contribution is -0.144. The van der Waals surface area contributed by atoms with Gasteiger partial charge in [0.25, 0.3) is 0 Å². The van der Waals surface area contributed by atoms with Crippen molar-refractivity contribution in [2.75, 3.05) is 6.61 Å².